The van der Waals surface area contributed by atoms with Crippen LogP contribution in [0.25, 0.3) is 22.6 Å². The number of carbonyl (C=O) groups is 1. The fourth-order valence-electron chi connectivity index (χ4n) is 4.59. The summed E-state index contributed by atoms with van der Waals surface area (Å²) in [4.78, 5) is 24.1. The average molecular weight is 499 g/mol. The van der Waals surface area contributed by atoms with E-state index in [-0.39, 0.29) is 30.0 Å². The molecule has 0 bridgehead atoms. The summed E-state index contributed by atoms with van der Waals surface area (Å²) < 4.78 is 27.6. The van der Waals surface area contributed by atoms with Gasteiger partial charge in [0.25, 0.3) is 0 Å². The molecule has 11 heteroatoms. The second-order valence-electron chi connectivity index (χ2n) is 8.78. The zero-order valence-electron chi connectivity index (χ0n) is 19.3. The first-order valence-electron chi connectivity index (χ1n) is 11.1. The van der Waals surface area contributed by atoms with Crippen LogP contribution in [0.2, 0.25) is 0 Å². The van der Waals surface area contributed by atoms with Gasteiger partial charge in [0.1, 0.15) is 12.2 Å². The van der Waals surface area contributed by atoms with Crippen molar-refractivity contribution in [1.82, 2.24) is 29.2 Å². The van der Waals surface area contributed by atoms with Gasteiger partial charge in [0.05, 0.1) is 39.8 Å². The summed E-state index contributed by atoms with van der Waals surface area (Å²) in [6.07, 6.45) is 0.575. The molecule has 1 aromatic carbocycles. The van der Waals surface area contributed by atoms with Gasteiger partial charge in [-0.05, 0) is 32.4 Å². The highest BCUT2D eigenvalue weighted by Crippen LogP contribution is 2.28. The minimum absolute atomic E-state index is 0.0605. The van der Waals surface area contributed by atoms with Crippen molar-refractivity contribution in [3.05, 3.63) is 52.1 Å². The third-order valence-corrected chi connectivity index (χ3v) is 8.80. The minimum atomic E-state index is -3.01. The molecule has 1 amide bonds. The van der Waals surface area contributed by atoms with E-state index >= 15 is 0 Å². The number of nitrogens with zero attached hydrogens (tertiary/aromatic N) is 6. The quantitative estimate of drug-likeness (QED) is 0.405. The van der Waals surface area contributed by atoms with Crippen LogP contribution >= 0.6 is 11.3 Å². The molecule has 3 aromatic heterocycles. The lowest BCUT2D eigenvalue weighted by Crippen LogP contribution is -2.30. The minimum Gasteiger partial charge on any atom is -0.340 e. The molecule has 0 aliphatic carbocycles. The van der Waals surface area contributed by atoms with Crippen LogP contribution < -0.4 is 0 Å². The molecule has 1 fully saturated rings. The van der Waals surface area contributed by atoms with Crippen molar-refractivity contribution in [3.8, 4) is 11.5 Å². The Hall–Kier alpha value is -3.05. The average Bonchev–Trinajstić information content (AvgIpc) is 3.57. The Balaban J connectivity index is 1.39. The summed E-state index contributed by atoms with van der Waals surface area (Å²) in [5.41, 5.74) is 6.89. The van der Waals surface area contributed by atoms with Crippen LogP contribution in [-0.4, -0.2) is 62.1 Å². The first kappa shape index (κ1) is 22.7. The van der Waals surface area contributed by atoms with E-state index in [1.54, 1.807) is 17.5 Å². The molecule has 0 N–H and O–H groups in total. The first-order chi connectivity index (χ1) is 16.2. The van der Waals surface area contributed by atoms with Crippen molar-refractivity contribution >= 4 is 38.1 Å². The number of carbonyl (C=O) groups excluding carboxylic acids is 1. The molecule has 34 heavy (non-hydrogen) atoms. The molecule has 4 aromatic rings. The predicted octanol–water partition coefficient (Wildman–Crippen LogP) is 2.99. The smallest absolute Gasteiger partial charge is 0.242 e. The molecule has 1 atom stereocenters. The number of thiazole rings is 1. The van der Waals surface area contributed by atoms with Crippen LogP contribution in [0.3, 0.4) is 0 Å². The van der Waals surface area contributed by atoms with Crippen LogP contribution in [0.4, 0.5) is 0 Å². The second-order valence-corrected chi connectivity index (χ2v) is 11.7. The Bertz CT molecular complexity index is 1470. The summed E-state index contributed by atoms with van der Waals surface area (Å²) in [7, 11) is -1.23. The van der Waals surface area contributed by atoms with Gasteiger partial charge in [0.2, 0.25) is 5.91 Å². The van der Waals surface area contributed by atoms with E-state index in [1.807, 2.05) is 52.7 Å². The Labute approximate surface area is 202 Å². The number of imidazole rings is 1. The van der Waals surface area contributed by atoms with Crippen molar-refractivity contribution < 1.29 is 13.2 Å². The highest BCUT2D eigenvalue weighted by atomic mass is 32.2. The van der Waals surface area contributed by atoms with Crippen LogP contribution in [0.1, 0.15) is 29.4 Å². The summed E-state index contributed by atoms with van der Waals surface area (Å²) in [5.74, 6) is 0.932. The van der Waals surface area contributed by atoms with E-state index in [0.29, 0.717) is 18.8 Å². The third-order valence-electron chi connectivity index (χ3n) is 6.46. The maximum absolute atomic E-state index is 13.3. The largest absolute Gasteiger partial charge is 0.340 e. The zero-order chi connectivity index (χ0) is 24.0. The Morgan fingerprint density at radius 3 is 2.76 bits per heavy atom. The van der Waals surface area contributed by atoms with E-state index < -0.39 is 9.84 Å². The first-order valence-corrected chi connectivity index (χ1v) is 13.8. The molecule has 4 heterocycles. The topological polar surface area (TPSA) is 103 Å². The van der Waals surface area contributed by atoms with E-state index in [9.17, 15) is 13.2 Å². The summed E-state index contributed by atoms with van der Waals surface area (Å²) >= 11 is 1.49. The van der Waals surface area contributed by atoms with Gasteiger partial charge in [-0.3, -0.25) is 9.48 Å². The van der Waals surface area contributed by atoms with Gasteiger partial charge in [-0.25, -0.2) is 18.4 Å². The van der Waals surface area contributed by atoms with Gasteiger partial charge in [-0.1, -0.05) is 12.1 Å². The molecule has 1 aliphatic heterocycles. The standard InChI is InChI=1S/C23H26N6O3S2/c1-15-18(16(2)29(26-15)17-8-9-34(31,32)13-17)10-27(3)22(30)11-28-21-7-5-4-6-19(21)25-23(28)20-12-33-14-24-20/h4-7,12,14,17H,8-11,13H2,1-3H3. The molecule has 1 saturated heterocycles. The lowest BCUT2D eigenvalue weighted by molar-refractivity contribution is -0.130. The van der Waals surface area contributed by atoms with Gasteiger partial charge < -0.3 is 9.47 Å². The number of para-hydroxylation sites is 2. The normalized spacial score (nSPS) is 17.4. The van der Waals surface area contributed by atoms with Gasteiger partial charge >= 0.3 is 0 Å². The van der Waals surface area contributed by atoms with Crippen molar-refractivity contribution in [2.45, 2.75) is 39.4 Å². The summed E-state index contributed by atoms with van der Waals surface area (Å²) in [5, 5.41) is 6.55. The number of sulfone groups is 1. The van der Waals surface area contributed by atoms with Crippen LogP contribution in [0, 0.1) is 13.8 Å². The SMILES string of the molecule is Cc1nn(C2CCS(=O)(=O)C2)c(C)c1CN(C)C(=O)Cn1c(-c2cscn2)nc2ccccc21. The summed E-state index contributed by atoms with van der Waals surface area (Å²) in [6, 6.07) is 7.61. The number of hydrogen-bond acceptors (Lipinski definition) is 7. The number of aryl methyl sites for hydroxylation is 1. The molecule has 0 saturated carbocycles. The monoisotopic (exact) mass is 498 g/mol. The highest BCUT2D eigenvalue weighted by molar-refractivity contribution is 7.91. The highest BCUT2D eigenvalue weighted by Gasteiger charge is 2.31. The fourth-order valence-corrected chi connectivity index (χ4v) is 6.81. The number of aromatic nitrogens is 5. The van der Waals surface area contributed by atoms with Gasteiger partial charge in [-0.15, -0.1) is 11.3 Å². The number of hydrogen-bond donors (Lipinski definition) is 0. The number of amides is 1. The number of likely N-dealkylation sites (N-methyl/N-ethyl adjacent to an activating group) is 1. The van der Waals surface area contributed by atoms with Crippen molar-refractivity contribution in [3.63, 3.8) is 0 Å². The van der Waals surface area contributed by atoms with E-state index in [1.165, 1.54) is 11.3 Å². The summed E-state index contributed by atoms with van der Waals surface area (Å²) in [6.45, 7) is 4.39. The maximum atomic E-state index is 13.3. The molecule has 5 rings (SSSR count). The molecule has 0 radical (unpaired) electrons. The van der Waals surface area contributed by atoms with Crippen molar-refractivity contribution in [2.24, 2.45) is 0 Å². The van der Waals surface area contributed by atoms with E-state index in [0.717, 1.165) is 33.7 Å². The number of fused-ring (bicyclic) bond motifs is 1. The molecule has 1 unspecified atom stereocenters. The lowest BCUT2D eigenvalue weighted by Gasteiger charge is -2.19. The molecule has 0 spiro atoms. The van der Waals surface area contributed by atoms with Crippen molar-refractivity contribution in [1.29, 1.82) is 0 Å². The van der Waals surface area contributed by atoms with Gasteiger partial charge in [0, 0.05) is 30.2 Å². The van der Waals surface area contributed by atoms with Crippen LogP contribution in [0.5, 0.6) is 0 Å². The Morgan fingerprint density at radius 2 is 2.06 bits per heavy atom. The number of rotatable bonds is 6. The zero-order valence-corrected chi connectivity index (χ0v) is 20.9. The molecule has 178 valence electrons. The lowest BCUT2D eigenvalue weighted by atomic mass is 10.1. The number of benzene rings is 1. The Morgan fingerprint density at radius 1 is 1.26 bits per heavy atom. The van der Waals surface area contributed by atoms with Crippen molar-refractivity contribution in [2.75, 3.05) is 18.6 Å². The maximum Gasteiger partial charge on any atom is 0.242 e. The van der Waals surface area contributed by atoms with Crippen LogP contribution in [0.15, 0.2) is 35.2 Å². The molecular formula is C23H26N6O3S2. The second kappa shape index (κ2) is 8.62. The molecule has 1 aliphatic rings. The van der Waals surface area contributed by atoms with E-state index in [4.69, 9.17) is 4.98 Å². The fraction of sp³-hybridized carbons (Fsp3) is 0.391. The predicted molar refractivity (Wildman–Crippen MR) is 131 cm³/mol. The van der Waals surface area contributed by atoms with Gasteiger partial charge in [-0.2, -0.15) is 5.10 Å². The third kappa shape index (κ3) is 4.14. The van der Waals surface area contributed by atoms with E-state index in [2.05, 4.69) is 10.1 Å². The van der Waals surface area contributed by atoms with Gasteiger partial charge in [0.15, 0.2) is 15.7 Å². The van der Waals surface area contributed by atoms with Crippen LogP contribution in [-0.2, 0) is 27.7 Å². The Kier molecular flexibility index (Phi) is 5.76. The molecule has 9 nitrogen and oxygen atoms in total. The molecular weight excluding hydrogens is 472 g/mol.